The van der Waals surface area contributed by atoms with Crippen molar-refractivity contribution in [3.05, 3.63) is 65.9 Å². The summed E-state index contributed by atoms with van der Waals surface area (Å²) in [6.07, 6.45) is 8.59. The molecule has 0 spiro atoms. The van der Waals surface area contributed by atoms with E-state index in [1.54, 1.807) is 35.7 Å². The van der Waals surface area contributed by atoms with Crippen molar-refractivity contribution in [1.29, 1.82) is 0 Å². The molecule has 7 heteroatoms. The van der Waals surface area contributed by atoms with E-state index in [-0.39, 0.29) is 0 Å². The lowest BCUT2D eigenvalue weighted by atomic mass is 9.98. The number of benzene rings is 2. The molecule has 1 aromatic heterocycles. The Morgan fingerprint density at radius 3 is 2.52 bits per heavy atom. The second-order valence-electron chi connectivity index (χ2n) is 8.89. The van der Waals surface area contributed by atoms with Crippen molar-refractivity contribution < 1.29 is 13.2 Å². The highest BCUT2D eigenvalue weighted by Gasteiger charge is 2.26. The zero-order valence-corrected chi connectivity index (χ0v) is 19.9. The van der Waals surface area contributed by atoms with Crippen LogP contribution >= 0.6 is 0 Å². The number of aromatic amines is 1. The van der Waals surface area contributed by atoms with E-state index >= 15 is 0 Å². The molecule has 0 atom stereocenters. The van der Waals surface area contributed by atoms with Gasteiger partial charge in [-0.15, -0.1) is 0 Å². The fourth-order valence-electron chi connectivity index (χ4n) is 4.90. The Hall–Kier alpha value is -2.61. The standard InChI is InChI=1S/C26H31N3O3S/c1-32-23-5-7-24(8-6-23)33(30,31)29-16-11-20(12-17-29)21-4-9-26-25(18-21)22(19-27-26)10-15-28-13-2-3-14-28/h4-9,11,18-19,27H,2-3,10,12-17H2,1H3. The monoisotopic (exact) mass is 465 g/mol. The summed E-state index contributed by atoms with van der Waals surface area (Å²) in [6, 6.07) is 13.1. The fraction of sp³-hybridized carbons (Fsp3) is 0.385. The zero-order valence-electron chi connectivity index (χ0n) is 19.1. The van der Waals surface area contributed by atoms with E-state index in [1.165, 1.54) is 48.0 Å². The molecule has 3 aromatic rings. The first kappa shape index (κ1) is 22.2. The molecule has 2 aliphatic rings. The average Bonchev–Trinajstić information content (AvgIpc) is 3.52. The lowest BCUT2D eigenvalue weighted by Gasteiger charge is -2.26. The summed E-state index contributed by atoms with van der Waals surface area (Å²) >= 11 is 0. The molecule has 0 radical (unpaired) electrons. The van der Waals surface area contributed by atoms with Gasteiger partial charge in [0.05, 0.1) is 12.0 Å². The van der Waals surface area contributed by atoms with Crippen LogP contribution in [0.2, 0.25) is 0 Å². The lowest BCUT2D eigenvalue weighted by molar-refractivity contribution is 0.344. The van der Waals surface area contributed by atoms with Crippen molar-refractivity contribution in [3.63, 3.8) is 0 Å². The van der Waals surface area contributed by atoms with Gasteiger partial charge in [-0.2, -0.15) is 4.31 Å². The maximum absolute atomic E-state index is 13.0. The predicted octanol–water partition coefficient (Wildman–Crippen LogP) is 4.29. The Kier molecular flexibility index (Phi) is 6.27. The molecule has 2 aromatic carbocycles. The molecule has 174 valence electrons. The molecule has 0 unspecified atom stereocenters. The van der Waals surface area contributed by atoms with Crippen molar-refractivity contribution in [3.8, 4) is 5.75 Å². The Bertz CT molecular complexity index is 1260. The Morgan fingerprint density at radius 1 is 1.03 bits per heavy atom. The number of ether oxygens (including phenoxy) is 1. The number of rotatable bonds is 7. The van der Waals surface area contributed by atoms with Crippen LogP contribution in [0.15, 0.2) is 59.6 Å². The molecule has 0 amide bonds. The van der Waals surface area contributed by atoms with Crippen molar-refractivity contribution in [2.75, 3.05) is 39.8 Å². The molecular formula is C26H31N3O3S. The molecule has 3 heterocycles. The number of nitrogens with one attached hydrogen (secondary N) is 1. The quantitative estimate of drug-likeness (QED) is 0.565. The van der Waals surface area contributed by atoms with Crippen LogP contribution in [0.5, 0.6) is 5.75 Å². The van der Waals surface area contributed by atoms with E-state index in [1.807, 2.05) is 0 Å². The summed E-state index contributed by atoms with van der Waals surface area (Å²) in [7, 11) is -1.95. The van der Waals surface area contributed by atoms with E-state index in [0.29, 0.717) is 30.2 Å². The molecule has 1 saturated heterocycles. The minimum absolute atomic E-state index is 0.302. The number of nitrogens with zero attached hydrogens (tertiary/aromatic N) is 2. The van der Waals surface area contributed by atoms with Crippen LogP contribution < -0.4 is 4.74 Å². The minimum atomic E-state index is -3.52. The van der Waals surface area contributed by atoms with Gasteiger partial charge in [-0.05, 0) is 91.9 Å². The van der Waals surface area contributed by atoms with Gasteiger partial charge in [0.1, 0.15) is 5.75 Å². The van der Waals surface area contributed by atoms with Crippen LogP contribution in [0.4, 0.5) is 0 Å². The summed E-state index contributed by atoms with van der Waals surface area (Å²) in [5.74, 6) is 0.648. The van der Waals surface area contributed by atoms with Crippen molar-refractivity contribution >= 4 is 26.5 Å². The highest BCUT2D eigenvalue weighted by Crippen LogP contribution is 2.30. The number of aromatic nitrogens is 1. The van der Waals surface area contributed by atoms with Crippen LogP contribution in [0.1, 0.15) is 30.4 Å². The number of fused-ring (bicyclic) bond motifs is 1. The Morgan fingerprint density at radius 2 is 1.82 bits per heavy atom. The van der Waals surface area contributed by atoms with Crippen molar-refractivity contribution in [1.82, 2.24) is 14.2 Å². The van der Waals surface area contributed by atoms with E-state index in [0.717, 1.165) is 18.5 Å². The summed E-state index contributed by atoms with van der Waals surface area (Å²) < 4.78 is 32.8. The third-order valence-corrected chi connectivity index (χ3v) is 8.78. The predicted molar refractivity (Wildman–Crippen MR) is 132 cm³/mol. The highest BCUT2D eigenvalue weighted by molar-refractivity contribution is 7.89. The van der Waals surface area contributed by atoms with Crippen molar-refractivity contribution in [2.24, 2.45) is 0 Å². The maximum Gasteiger partial charge on any atom is 0.243 e. The molecule has 0 saturated carbocycles. The second-order valence-corrected chi connectivity index (χ2v) is 10.8. The van der Waals surface area contributed by atoms with Gasteiger partial charge >= 0.3 is 0 Å². The number of likely N-dealkylation sites (tertiary alicyclic amines) is 1. The van der Waals surface area contributed by atoms with Gasteiger partial charge in [-0.3, -0.25) is 0 Å². The third-order valence-electron chi connectivity index (χ3n) is 6.90. The van der Waals surface area contributed by atoms with Crippen LogP contribution in [0, 0.1) is 0 Å². The van der Waals surface area contributed by atoms with E-state index in [9.17, 15) is 8.42 Å². The van der Waals surface area contributed by atoms with Gasteiger partial charge in [0.25, 0.3) is 0 Å². The van der Waals surface area contributed by atoms with Gasteiger partial charge in [0, 0.05) is 36.7 Å². The molecule has 0 aliphatic carbocycles. The molecular weight excluding hydrogens is 434 g/mol. The normalized spacial score (nSPS) is 18.0. The SMILES string of the molecule is COc1ccc(S(=O)(=O)N2CC=C(c3ccc4[nH]cc(CCN5CCCC5)c4c3)CC2)cc1. The minimum Gasteiger partial charge on any atom is -0.497 e. The fourth-order valence-corrected chi connectivity index (χ4v) is 6.28. The molecule has 33 heavy (non-hydrogen) atoms. The highest BCUT2D eigenvalue weighted by atomic mass is 32.2. The van der Waals surface area contributed by atoms with Crippen LogP contribution in [-0.2, 0) is 16.4 Å². The van der Waals surface area contributed by atoms with Gasteiger partial charge in [-0.1, -0.05) is 12.1 Å². The Balaban J connectivity index is 1.31. The number of H-pyrrole nitrogens is 1. The van der Waals surface area contributed by atoms with Crippen LogP contribution in [0.25, 0.3) is 16.5 Å². The van der Waals surface area contributed by atoms with E-state index in [2.05, 4.69) is 40.4 Å². The molecule has 1 N–H and O–H groups in total. The van der Waals surface area contributed by atoms with E-state index < -0.39 is 10.0 Å². The lowest BCUT2D eigenvalue weighted by Crippen LogP contribution is -2.34. The summed E-state index contributed by atoms with van der Waals surface area (Å²) in [5.41, 5.74) is 4.92. The molecule has 0 bridgehead atoms. The molecule has 5 rings (SSSR count). The van der Waals surface area contributed by atoms with Gasteiger partial charge in [0.2, 0.25) is 10.0 Å². The zero-order chi connectivity index (χ0) is 22.8. The summed E-state index contributed by atoms with van der Waals surface area (Å²) in [4.78, 5) is 6.26. The first-order chi connectivity index (χ1) is 16.0. The first-order valence-corrected chi connectivity index (χ1v) is 13.1. The van der Waals surface area contributed by atoms with Crippen LogP contribution in [-0.4, -0.2) is 62.4 Å². The topological polar surface area (TPSA) is 65.6 Å². The smallest absolute Gasteiger partial charge is 0.243 e. The number of sulfonamides is 1. The molecule has 2 aliphatic heterocycles. The second kappa shape index (κ2) is 9.33. The maximum atomic E-state index is 13.0. The number of hydrogen-bond donors (Lipinski definition) is 1. The Labute approximate surface area is 195 Å². The third kappa shape index (κ3) is 4.58. The molecule has 6 nitrogen and oxygen atoms in total. The van der Waals surface area contributed by atoms with E-state index in [4.69, 9.17) is 4.74 Å². The summed E-state index contributed by atoms with van der Waals surface area (Å²) in [6.45, 7) is 4.41. The van der Waals surface area contributed by atoms with Crippen molar-refractivity contribution in [2.45, 2.75) is 30.6 Å². The molecule has 1 fully saturated rings. The first-order valence-electron chi connectivity index (χ1n) is 11.7. The summed E-state index contributed by atoms with van der Waals surface area (Å²) in [5, 5.41) is 1.28. The van der Waals surface area contributed by atoms with Gasteiger partial charge in [0.15, 0.2) is 0 Å². The van der Waals surface area contributed by atoms with Crippen LogP contribution in [0.3, 0.4) is 0 Å². The average molecular weight is 466 g/mol. The largest absolute Gasteiger partial charge is 0.497 e. The van der Waals surface area contributed by atoms with Gasteiger partial charge in [-0.25, -0.2) is 8.42 Å². The number of hydrogen-bond acceptors (Lipinski definition) is 4. The number of methoxy groups -OCH3 is 1. The van der Waals surface area contributed by atoms with Gasteiger partial charge < -0.3 is 14.6 Å².